The molecule has 0 fully saturated rings. The SMILES string of the molecule is Cc1ccc(-c2ccc(/C=C(\NC(=O)c3ccccc3)C(=O)NCc3ccc(F)cc3)o2)cc1. The Morgan fingerprint density at radius 1 is 0.882 bits per heavy atom. The molecule has 4 aromatic rings. The lowest BCUT2D eigenvalue weighted by atomic mass is 10.1. The topological polar surface area (TPSA) is 71.3 Å². The fourth-order valence-electron chi connectivity index (χ4n) is 3.27. The second kappa shape index (κ2) is 10.4. The van der Waals surface area contributed by atoms with E-state index in [1.165, 1.54) is 18.2 Å². The monoisotopic (exact) mass is 454 g/mol. The summed E-state index contributed by atoms with van der Waals surface area (Å²) >= 11 is 0. The highest BCUT2D eigenvalue weighted by molar-refractivity contribution is 6.05. The van der Waals surface area contributed by atoms with E-state index in [9.17, 15) is 14.0 Å². The van der Waals surface area contributed by atoms with Crippen molar-refractivity contribution in [2.24, 2.45) is 0 Å². The van der Waals surface area contributed by atoms with Crippen molar-refractivity contribution in [3.63, 3.8) is 0 Å². The Labute approximate surface area is 196 Å². The van der Waals surface area contributed by atoms with Crippen molar-refractivity contribution in [2.45, 2.75) is 13.5 Å². The zero-order chi connectivity index (χ0) is 23.9. The number of benzene rings is 3. The quantitative estimate of drug-likeness (QED) is 0.363. The number of rotatable bonds is 7. The lowest BCUT2D eigenvalue weighted by molar-refractivity contribution is -0.117. The van der Waals surface area contributed by atoms with E-state index in [1.807, 2.05) is 37.3 Å². The molecule has 0 aliphatic rings. The summed E-state index contributed by atoms with van der Waals surface area (Å²) < 4.78 is 19.1. The van der Waals surface area contributed by atoms with Crippen LogP contribution in [0, 0.1) is 12.7 Å². The van der Waals surface area contributed by atoms with Crippen LogP contribution in [0.4, 0.5) is 4.39 Å². The Hall–Kier alpha value is -4.45. The highest BCUT2D eigenvalue weighted by Crippen LogP contribution is 2.23. The Bertz CT molecular complexity index is 1310. The molecule has 1 heterocycles. The molecule has 0 saturated heterocycles. The maximum atomic E-state index is 13.2. The van der Waals surface area contributed by atoms with E-state index in [4.69, 9.17) is 4.42 Å². The summed E-state index contributed by atoms with van der Waals surface area (Å²) in [5.41, 5.74) is 3.21. The molecule has 5 nitrogen and oxygen atoms in total. The van der Waals surface area contributed by atoms with E-state index >= 15 is 0 Å². The zero-order valence-corrected chi connectivity index (χ0v) is 18.5. The summed E-state index contributed by atoms with van der Waals surface area (Å²) in [7, 11) is 0. The smallest absolute Gasteiger partial charge is 0.268 e. The third-order valence-electron chi connectivity index (χ3n) is 5.14. The van der Waals surface area contributed by atoms with Gasteiger partial charge in [-0.2, -0.15) is 0 Å². The minimum Gasteiger partial charge on any atom is -0.457 e. The molecule has 0 spiro atoms. The molecule has 0 atom stereocenters. The van der Waals surface area contributed by atoms with Gasteiger partial charge in [0, 0.05) is 23.7 Å². The summed E-state index contributed by atoms with van der Waals surface area (Å²) in [5.74, 6) is -0.216. The highest BCUT2D eigenvalue weighted by atomic mass is 19.1. The first kappa shape index (κ1) is 22.7. The minimum absolute atomic E-state index is 0.0285. The molecule has 0 aliphatic heterocycles. The number of hydrogen-bond donors (Lipinski definition) is 2. The van der Waals surface area contributed by atoms with Crippen LogP contribution >= 0.6 is 0 Å². The van der Waals surface area contributed by atoms with Gasteiger partial charge in [0.25, 0.3) is 11.8 Å². The molecule has 2 N–H and O–H groups in total. The molecule has 0 radical (unpaired) electrons. The molecule has 2 amide bonds. The van der Waals surface area contributed by atoms with Crippen molar-refractivity contribution in [3.05, 3.63) is 125 Å². The Kier molecular flexibility index (Phi) is 6.98. The van der Waals surface area contributed by atoms with E-state index in [0.29, 0.717) is 17.1 Å². The first-order chi connectivity index (χ1) is 16.5. The minimum atomic E-state index is -0.498. The average Bonchev–Trinajstić information content (AvgIpc) is 3.32. The fourth-order valence-corrected chi connectivity index (χ4v) is 3.27. The van der Waals surface area contributed by atoms with Gasteiger partial charge in [-0.25, -0.2) is 4.39 Å². The van der Waals surface area contributed by atoms with Crippen LogP contribution < -0.4 is 10.6 Å². The summed E-state index contributed by atoms with van der Waals surface area (Å²) in [4.78, 5) is 25.7. The van der Waals surface area contributed by atoms with Crippen LogP contribution in [0.3, 0.4) is 0 Å². The molecule has 0 aliphatic carbocycles. The summed E-state index contributed by atoms with van der Waals surface area (Å²) in [6, 6.07) is 25.9. The highest BCUT2D eigenvalue weighted by Gasteiger charge is 2.16. The van der Waals surface area contributed by atoms with E-state index in [0.717, 1.165) is 16.7 Å². The molecule has 0 saturated carbocycles. The molecule has 34 heavy (non-hydrogen) atoms. The van der Waals surface area contributed by atoms with Gasteiger partial charge in [0.15, 0.2) is 0 Å². The summed E-state index contributed by atoms with van der Waals surface area (Å²) in [6.07, 6.45) is 1.48. The predicted octanol–water partition coefficient (Wildman–Crippen LogP) is 5.48. The van der Waals surface area contributed by atoms with Gasteiger partial charge >= 0.3 is 0 Å². The van der Waals surface area contributed by atoms with Crippen molar-refractivity contribution in [1.82, 2.24) is 10.6 Å². The number of carbonyl (C=O) groups excluding carboxylic acids is 2. The number of aryl methyl sites for hydroxylation is 1. The largest absolute Gasteiger partial charge is 0.457 e. The summed E-state index contributed by atoms with van der Waals surface area (Å²) in [6.45, 7) is 2.18. The third-order valence-corrected chi connectivity index (χ3v) is 5.14. The molecule has 4 rings (SSSR count). The molecule has 170 valence electrons. The average molecular weight is 455 g/mol. The van der Waals surface area contributed by atoms with Crippen molar-refractivity contribution >= 4 is 17.9 Å². The van der Waals surface area contributed by atoms with Crippen molar-refractivity contribution in [3.8, 4) is 11.3 Å². The van der Waals surface area contributed by atoms with Gasteiger partial charge < -0.3 is 15.1 Å². The van der Waals surface area contributed by atoms with Crippen LogP contribution in [0.25, 0.3) is 17.4 Å². The maximum absolute atomic E-state index is 13.2. The molecule has 3 aromatic carbocycles. The maximum Gasteiger partial charge on any atom is 0.268 e. The summed E-state index contributed by atoms with van der Waals surface area (Å²) in [5, 5.41) is 5.43. The van der Waals surface area contributed by atoms with E-state index in [2.05, 4.69) is 10.6 Å². The third kappa shape index (κ3) is 5.86. The van der Waals surface area contributed by atoms with Crippen LogP contribution in [0.15, 0.2) is 101 Å². The lowest BCUT2D eigenvalue weighted by Gasteiger charge is -2.11. The number of furan rings is 1. The van der Waals surface area contributed by atoms with Gasteiger partial charge in [0.05, 0.1) is 0 Å². The lowest BCUT2D eigenvalue weighted by Crippen LogP contribution is -2.34. The normalized spacial score (nSPS) is 11.2. The van der Waals surface area contributed by atoms with Gasteiger partial charge in [-0.3, -0.25) is 9.59 Å². The van der Waals surface area contributed by atoms with Crippen LogP contribution in [0.2, 0.25) is 0 Å². The van der Waals surface area contributed by atoms with Crippen molar-refractivity contribution in [2.75, 3.05) is 0 Å². The first-order valence-corrected chi connectivity index (χ1v) is 10.8. The molecule has 6 heteroatoms. The van der Waals surface area contributed by atoms with Gasteiger partial charge in [0.2, 0.25) is 0 Å². The number of halogens is 1. The Morgan fingerprint density at radius 2 is 1.59 bits per heavy atom. The van der Waals surface area contributed by atoms with E-state index in [-0.39, 0.29) is 18.1 Å². The zero-order valence-electron chi connectivity index (χ0n) is 18.5. The predicted molar refractivity (Wildman–Crippen MR) is 129 cm³/mol. The first-order valence-electron chi connectivity index (χ1n) is 10.8. The second-order valence-corrected chi connectivity index (χ2v) is 7.76. The number of nitrogens with one attached hydrogen (secondary N) is 2. The number of carbonyl (C=O) groups is 2. The number of hydrogen-bond acceptors (Lipinski definition) is 3. The van der Waals surface area contributed by atoms with E-state index in [1.54, 1.807) is 48.5 Å². The van der Waals surface area contributed by atoms with Gasteiger partial charge in [-0.15, -0.1) is 0 Å². The molecule has 1 aromatic heterocycles. The Balaban J connectivity index is 1.56. The van der Waals surface area contributed by atoms with Crippen LogP contribution in [0.1, 0.15) is 27.2 Å². The molecular formula is C28H23FN2O3. The van der Waals surface area contributed by atoms with Crippen molar-refractivity contribution < 1.29 is 18.4 Å². The molecule has 0 bridgehead atoms. The van der Waals surface area contributed by atoms with Crippen LogP contribution in [-0.2, 0) is 11.3 Å². The van der Waals surface area contributed by atoms with Gasteiger partial charge in [0.1, 0.15) is 23.0 Å². The van der Waals surface area contributed by atoms with Crippen LogP contribution in [0.5, 0.6) is 0 Å². The molecule has 0 unspecified atom stereocenters. The van der Waals surface area contributed by atoms with E-state index < -0.39 is 11.8 Å². The Morgan fingerprint density at radius 3 is 2.29 bits per heavy atom. The standard InChI is InChI=1S/C28H23FN2O3/c1-19-7-11-21(12-8-19)26-16-15-24(34-26)17-25(31-27(32)22-5-3-2-4-6-22)28(33)30-18-20-9-13-23(29)14-10-20/h2-17H,18H2,1H3,(H,30,33)(H,31,32)/b25-17-. The number of amides is 2. The van der Waals surface area contributed by atoms with Gasteiger partial charge in [-0.05, 0) is 48.9 Å². The van der Waals surface area contributed by atoms with Crippen LogP contribution in [-0.4, -0.2) is 11.8 Å². The van der Waals surface area contributed by atoms with Gasteiger partial charge in [-0.1, -0.05) is 60.2 Å². The molecular weight excluding hydrogens is 431 g/mol. The van der Waals surface area contributed by atoms with Crippen molar-refractivity contribution in [1.29, 1.82) is 0 Å². The second-order valence-electron chi connectivity index (χ2n) is 7.76. The fraction of sp³-hybridized carbons (Fsp3) is 0.0714.